The number of carbonyl (C=O) groups excluding carboxylic acids is 1. The summed E-state index contributed by atoms with van der Waals surface area (Å²) in [5.74, 6) is 0.212. The molecule has 0 saturated heterocycles. The van der Waals surface area contributed by atoms with Crippen LogP contribution in [0.15, 0.2) is 18.3 Å². The fraction of sp³-hybridized carbons (Fsp3) is 0.571. The number of hydrogen-bond acceptors (Lipinski definition) is 5. The Balaban J connectivity index is 2.81. The maximum atomic E-state index is 11.5. The summed E-state index contributed by atoms with van der Waals surface area (Å²) in [5, 5.41) is 13.2. The lowest BCUT2D eigenvalue weighted by Gasteiger charge is -2.38. The summed E-state index contributed by atoms with van der Waals surface area (Å²) in [4.78, 5) is 15.6. The van der Waals surface area contributed by atoms with Gasteiger partial charge >= 0.3 is 5.97 Å². The minimum absolute atomic E-state index is 0.338. The highest BCUT2D eigenvalue weighted by molar-refractivity contribution is 5.89. The summed E-state index contributed by atoms with van der Waals surface area (Å²) in [6, 6.07) is 3.34. The zero-order valence-corrected chi connectivity index (χ0v) is 12.2. The fourth-order valence-electron chi connectivity index (χ4n) is 1.28. The number of nitrogens with zero attached hydrogens (tertiary/aromatic N) is 1. The first-order chi connectivity index (χ1) is 8.67. The lowest BCUT2D eigenvalue weighted by Crippen LogP contribution is -2.51. The molecule has 1 rings (SSSR count). The van der Waals surface area contributed by atoms with E-state index in [1.165, 1.54) is 6.20 Å². The van der Waals surface area contributed by atoms with Crippen LogP contribution in [-0.2, 0) is 4.74 Å². The average molecular weight is 266 g/mol. The first-order valence-corrected chi connectivity index (χ1v) is 6.31. The van der Waals surface area contributed by atoms with E-state index in [4.69, 9.17) is 4.74 Å². The van der Waals surface area contributed by atoms with Crippen LogP contribution in [0.3, 0.4) is 0 Å². The third-order valence-electron chi connectivity index (χ3n) is 3.24. The van der Waals surface area contributed by atoms with Crippen LogP contribution in [0.5, 0.6) is 0 Å². The van der Waals surface area contributed by atoms with Crippen molar-refractivity contribution < 1.29 is 14.6 Å². The van der Waals surface area contributed by atoms with Crippen LogP contribution >= 0.6 is 0 Å². The van der Waals surface area contributed by atoms with Gasteiger partial charge in [-0.25, -0.2) is 9.78 Å². The lowest BCUT2D eigenvalue weighted by atomic mass is 9.86. The maximum absolute atomic E-state index is 11.5. The molecule has 1 heterocycles. The molecule has 0 unspecified atom stereocenters. The van der Waals surface area contributed by atoms with E-state index < -0.39 is 11.1 Å². The molecule has 0 radical (unpaired) electrons. The number of carbonyl (C=O) groups is 1. The summed E-state index contributed by atoms with van der Waals surface area (Å²) in [5.41, 5.74) is -1.05. The van der Waals surface area contributed by atoms with Gasteiger partial charge in [-0.3, -0.25) is 0 Å². The summed E-state index contributed by atoms with van der Waals surface area (Å²) in [6.07, 6.45) is 1.46. The number of nitrogens with one attached hydrogen (secondary N) is 1. The Kier molecular flexibility index (Phi) is 4.52. The summed E-state index contributed by atoms with van der Waals surface area (Å²) in [6.45, 7) is 9.32. The molecular formula is C14H22N2O3. The molecule has 2 N–H and O–H groups in total. The first-order valence-electron chi connectivity index (χ1n) is 6.31. The molecule has 5 nitrogen and oxygen atoms in total. The van der Waals surface area contributed by atoms with Crippen LogP contribution in [0.4, 0.5) is 5.82 Å². The molecule has 19 heavy (non-hydrogen) atoms. The van der Waals surface area contributed by atoms with E-state index in [1.54, 1.807) is 32.9 Å². The Morgan fingerprint density at radius 3 is 2.42 bits per heavy atom. The zero-order chi connectivity index (χ0) is 14.7. The van der Waals surface area contributed by atoms with Crippen LogP contribution in [0, 0.1) is 0 Å². The normalized spacial score (nSPS) is 12.1. The molecule has 0 fully saturated rings. The fourth-order valence-corrected chi connectivity index (χ4v) is 1.28. The van der Waals surface area contributed by atoms with E-state index in [0.717, 1.165) is 0 Å². The van der Waals surface area contributed by atoms with Gasteiger partial charge in [0.1, 0.15) is 5.82 Å². The molecule has 0 aliphatic carbocycles. The van der Waals surface area contributed by atoms with Gasteiger partial charge in [-0.15, -0.1) is 0 Å². The number of aliphatic hydroxyl groups is 1. The van der Waals surface area contributed by atoms with Crippen molar-refractivity contribution in [3.8, 4) is 0 Å². The molecule has 0 aliphatic heterocycles. The molecule has 0 aromatic carbocycles. The van der Waals surface area contributed by atoms with Gasteiger partial charge in [0.25, 0.3) is 0 Å². The van der Waals surface area contributed by atoms with E-state index in [0.29, 0.717) is 18.0 Å². The zero-order valence-electron chi connectivity index (χ0n) is 12.2. The maximum Gasteiger partial charge on any atom is 0.339 e. The van der Waals surface area contributed by atoms with Crippen molar-refractivity contribution in [1.82, 2.24) is 4.98 Å². The van der Waals surface area contributed by atoms with Gasteiger partial charge in [-0.2, -0.15) is 0 Å². The molecule has 0 spiro atoms. The molecule has 0 aliphatic rings. The van der Waals surface area contributed by atoms with Crippen molar-refractivity contribution in [2.24, 2.45) is 0 Å². The van der Waals surface area contributed by atoms with Crippen molar-refractivity contribution in [3.05, 3.63) is 23.9 Å². The molecule has 0 amide bonds. The van der Waals surface area contributed by atoms with Gasteiger partial charge in [0.15, 0.2) is 0 Å². The van der Waals surface area contributed by atoms with Crippen molar-refractivity contribution in [3.63, 3.8) is 0 Å². The van der Waals surface area contributed by atoms with Gasteiger partial charge in [0.05, 0.1) is 23.3 Å². The van der Waals surface area contributed by atoms with Gasteiger partial charge in [-0.1, -0.05) is 0 Å². The minimum atomic E-state index is -0.908. The van der Waals surface area contributed by atoms with E-state index >= 15 is 0 Å². The molecule has 5 heteroatoms. The highest BCUT2D eigenvalue weighted by atomic mass is 16.5. The second-order valence-corrected chi connectivity index (χ2v) is 5.46. The highest BCUT2D eigenvalue weighted by Gasteiger charge is 2.35. The summed E-state index contributed by atoms with van der Waals surface area (Å²) >= 11 is 0. The van der Waals surface area contributed by atoms with Crippen LogP contribution < -0.4 is 5.32 Å². The Hall–Kier alpha value is -1.62. The monoisotopic (exact) mass is 266 g/mol. The van der Waals surface area contributed by atoms with E-state index in [9.17, 15) is 9.90 Å². The number of ether oxygens (including phenoxy) is 1. The van der Waals surface area contributed by atoms with Crippen molar-refractivity contribution in [2.75, 3.05) is 11.9 Å². The van der Waals surface area contributed by atoms with Gasteiger partial charge in [0, 0.05) is 6.20 Å². The van der Waals surface area contributed by atoms with Gasteiger partial charge < -0.3 is 15.2 Å². The number of aromatic nitrogens is 1. The van der Waals surface area contributed by atoms with Crippen LogP contribution in [-0.4, -0.2) is 33.8 Å². The average Bonchev–Trinajstić information content (AvgIpc) is 2.28. The predicted octanol–water partition coefficient (Wildman–Crippen LogP) is 2.22. The molecule has 1 aromatic rings. The molecular weight excluding hydrogens is 244 g/mol. The van der Waals surface area contributed by atoms with Crippen LogP contribution in [0.2, 0.25) is 0 Å². The third kappa shape index (κ3) is 3.92. The Morgan fingerprint density at radius 1 is 1.37 bits per heavy atom. The minimum Gasteiger partial charge on any atom is -0.462 e. The molecule has 0 saturated carbocycles. The van der Waals surface area contributed by atoms with E-state index in [1.807, 2.05) is 13.8 Å². The summed E-state index contributed by atoms with van der Waals surface area (Å²) < 4.78 is 4.88. The summed E-state index contributed by atoms with van der Waals surface area (Å²) in [7, 11) is 0. The second kappa shape index (κ2) is 5.57. The van der Waals surface area contributed by atoms with Crippen molar-refractivity contribution >= 4 is 11.8 Å². The quantitative estimate of drug-likeness (QED) is 0.800. The smallest absolute Gasteiger partial charge is 0.339 e. The topological polar surface area (TPSA) is 71.5 Å². The second-order valence-electron chi connectivity index (χ2n) is 5.46. The first kappa shape index (κ1) is 15.4. The predicted molar refractivity (Wildman–Crippen MR) is 74.2 cm³/mol. The molecule has 106 valence electrons. The number of hydrogen-bond donors (Lipinski definition) is 2. The Bertz CT molecular complexity index is 433. The number of esters is 1. The van der Waals surface area contributed by atoms with Crippen molar-refractivity contribution in [1.29, 1.82) is 0 Å². The molecule has 1 aromatic heterocycles. The number of rotatable bonds is 5. The van der Waals surface area contributed by atoms with E-state index in [2.05, 4.69) is 10.3 Å². The Labute approximate surface area is 114 Å². The molecule has 0 atom stereocenters. The van der Waals surface area contributed by atoms with Crippen LogP contribution in [0.1, 0.15) is 45.0 Å². The molecule has 0 bridgehead atoms. The third-order valence-corrected chi connectivity index (χ3v) is 3.24. The number of pyridine rings is 1. The standard InChI is InChI=1S/C14H22N2O3/c1-6-19-12(17)10-7-8-11(15-9-10)16-13(2,3)14(4,5)18/h7-9,18H,6H2,1-5H3,(H,15,16). The lowest BCUT2D eigenvalue weighted by molar-refractivity contribution is 0.0238. The van der Waals surface area contributed by atoms with Crippen LogP contribution in [0.25, 0.3) is 0 Å². The van der Waals surface area contributed by atoms with Gasteiger partial charge in [-0.05, 0) is 46.8 Å². The SMILES string of the molecule is CCOC(=O)c1ccc(NC(C)(C)C(C)(C)O)nc1. The Morgan fingerprint density at radius 2 is 2.00 bits per heavy atom. The van der Waals surface area contributed by atoms with Gasteiger partial charge in [0.2, 0.25) is 0 Å². The number of anilines is 1. The highest BCUT2D eigenvalue weighted by Crippen LogP contribution is 2.24. The van der Waals surface area contributed by atoms with Crippen molar-refractivity contribution in [2.45, 2.75) is 45.8 Å². The largest absolute Gasteiger partial charge is 0.462 e. The van der Waals surface area contributed by atoms with E-state index in [-0.39, 0.29) is 5.97 Å².